The van der Waals surface area contributed by atoms with E-state index in [0.717, 1.165) is 0 Å². The largest absolute Gasteiger partial charge is 0.481 e. The Labute approximate surface area is 177 Å². The first-order valence-electron chi connectivity index (χ1n) is 10.6. The molecule has 0 spiro atoms. The molecule has 30 heavy (non-hydrogen) atoms. The molecule has 170 valence electrons. The van der Waals surface area contributed by atoms with Gasteiger partial charge in [0, 0.05) is 25.8 Å². The molecule has 0 bridgehead atoms. The van der Waals surface area contributed by atoms with E-state index < -0.39 is 30.0 Å². The van der Waals surface area contributed by atoms with Crippen molar-refractivity contribution in [3.63, 3.8) is 0 Å². The summed E-state index contributed by atoms with van der Waals surface area (Å²) in [6.07, 6.45) is 0.688. The van der Waals surface area contributed by atoms with Gasteiger partial charge < -0.3 is 21.1 Å². The summed E-state index contributed by atoms with van der Waals surface area (Å²) in [5.41, 5.74) is 5.94. The maximum Gasteiger partial charge on any atom is 0.303 e. The lowest BCUT2D eigenvalue weighted by Crippen LogP contribution is -2.50. The number of carbonyl (C=O) groups is 5. The van der Waals surface area contributed by atoms with Crippen LogP contribution in [0.1, 0.15) is 66.2 Å². The van der Waals surface area contributed by atoms with Gasteiger partial charge in [-0.3, -0.25) is 24.0 Å². The van der Waals surface area contributed by atoms with Gasteiger partial charge in [-0.1, -0.05) is 27.7 Å². The Morgan fingerprint density at radius 3 is 2.17 bits per heavy atom. The second-order valence-electron chi connectivity index (χ2n) is 8.58. The number of hydrogen-bond acceptors (Lipinski definition) is 6. The number of carboxylic acids is 1. The Kier molecular flexibility index (Phi) is 10.1. The third kappa shape index (κ3) is 7.51. The molecule has 0 aromatic carbocycles. The molecular formula is C21H35N3O6. The van der Waals surface area contributed by atoms with Crippen molar-refractivity contribution < 1.29 is 29.1 Å². The highest BCUT2D eigenvalue weighted by atomic mass is 16.4. The zero-order chi connectivity index (χ0) is 23.0. The predicted molar refractivity (Wildman–Crippen MR) is 110 cm³/mol. The number of nitrogens with zero attached hydrogens (tertiary/aromatic N) is 1. The van der Waals surface area contributed by atoms with E-state index in [1.807, 2.05) is 13.8 Å². The van der Waals surface area contributed by atoms with Gasteiger partial charge in [0.2, 0.25) is 11.8 Å². The molecular weight excluding hydrogens is 390 g/mol. The molecule has 1 fully saturated rings. The highest BCUT2D eigenvalue weighted by Crippen LogP contribution is 2.22. The predicted octanol–water partition coefficient (Wildman–Crippen LogP) is 0.885. The fourth-order valence-electron chi connectivity index (χ4n) is 3.50. The fourth-order valence-corrected chi connectivity index (χ4v) is 3.50. The third-order valence-corrected chi connectivity index (χ3v) is 5.42. The summed E-state index contributed by atoms with van der Waals surface area (Å²) in [5.74, 6) is -2.53. The molecule has 1 aliphatic heterocycles. The first-order chi connectivity index (χ1) is 14.0. The number of rotatable bonds is 12. The van der Waals surface area contributed by atoms with Gasteiger partial charge in [-0.15, -0.1) is 0 Å². The molecule has 0 aliphatic carbocycles. The lowest BCUT2D eigenvalue weighted by atomic mass is 9.96. The number of Topliss-reactive ketones (excluding diaryl/α,β-unsaturated/α-hetero) is 2. The van der Waals surface area contributed by atoms with Gasteiger partial charge in [0.1, 0.15) is 0 Å². The lowest BCUT2D eigenvalue weighted by molar-refractivity contribution is -0.139. The number of nitrogens with one attached hydrogen (secondary N) is 1. The summed E-state index contributed by atoms with van der Waals surface area (Å²) in [5, 5.41) is 11.3. The van der Waals surface area contributed by atoms with Crippen LogP contribution in [0.2, 0.25) is 0 Å². The zero-order valence-electron chi connectivity index (χ0n) is 18.3. The number of ketones is 2. The number of likely N-dealkylation sites (tertiary alicyclic amines) is 1. The molecule has 4 N–H and O–H groups in total. The number of aliphatic carboxylic acids is 1. The monoisotopic (exact) mass is 425 g/mol. The normalized spacial score (nSPS) is 18.4. The minimum Gasteiger partial charge on any atom is -0.481 e. The Bertz CT molecular complexity index is 661. The highest BCUT2D eigenvalue weighted by Gasteiger charge is 2.36. The molecule has 0 saturated carbocycles. The smallest absolute Gasteiger partial charge is 0.303 e. The topological polar surface area (TPSA) is 147 Å². The summed E-state index contributed by atoms with van der Waals surface area (Å²) in [7, 11) is 0. The second kappa shape index (κ2) is 11.8. The van der Waals surface area contributed by atoms with E-state index in [1.165, 1.54) is 4.90 Å². The van der Waals surface area contributed by atoms with Crippen LogP contribution >= 0.6 is 0 Å². The van der Waals surface area contributed by atoms with Crippen LogP contribution in [-0.4, -0.2) is 64.0 Å². The maximum absolute atomic E-state index is 12.6. The van der Waals surface area contributed by atoms with Gasteiger partial charge >= 0.3 is 5.97 Å². The van der Waals surface area contributed by atoms with Crippen LogP contribution in [-0.2, 0) is 24.0 Å². The lowest BCUT2D eigenvalue weighted by Gasteiger charge is -2.28. The van der Waals surface area contributed by atoms with E-state index in [2.05, 4.69) is 5.32 Å². The summed E-state index contributed by atoms with van der Waals surface area (Å²) >= 11 is 0. The van der Waals surface area contributed by atoms with Gasteiger partial charge in [0.15, 0.2) is 11.6 Å². The highest BCUT2D eigenvalue weighted by molar-refractivity contribution is 5.94. The summed E-state index contributed by atoms with van der Waals surface area (Å²) < 4.78 is 0. The summed E-state index contributed by atoms with van der Waals surface area (Å²) in [6.45, 7) is 7.70. The average molecular weight is 426 g/mol. The van der Waals surface area contributed by atoms with Gasteiger partial charge in [-0.25, -0.2) is 0 Å². The first kappa shape index (κ1) is 25.7. The van der Waals surface area contributed by atoms with E-state index in [9.17, 15) is 24.0 Å². The van der Waals surface area contributed by atoms with Crippen LogP contribution < -0.4 is 11.1 Å². The number of nitrogens with two attached hydrogens (primary N) is 1. The molecule has 1 rings (SSSR count). The fraction of sp³-hybridized carbons (Fsp3) is 0.762. The summed E-state index contributed by atoms with van der Waals surface area (Å²) in [4.78, 5) is 61.9. The number of hydrogen-bond donors (Lipinski definition) is 3. The SMILES string of the molecule is CC(C)C(N)C(=O)N1CCCC1C(=O)CCC(=O)NC(C(=O)CCC(=O)O)C(C)C. The van der Waals surface area contributed by atoms with Crippen molar-refractivity contribution in [3.05, 3.63) is 0 Å². The van der Waals surface area contributed by atoms with Crippen molar-refractivity contribution in [2.75, 3.05) is 6.54 Å². The molecule has 1 aliphatic rings. The zero-order valence-corrected chi connectivity index (χ0v) is 18.3. The van der Waals surface area contributed by atoms with Gasteiger partial charge in [0.25, 0.3) is 0 Å². The van der Waals surface area contributed by atoms with Crippen LogP contribution in [0.15, 0.2) is 0 Å². The molecule has 0 aromatic heterocycles. The van der Waals surface area contributed by atoms with E-state index in [0.29, 0.717) is 19.4 Å². The first-order valence-corrected chi connectivity index (χ1v) is 10.6. The number of carbonyl (C=O) groups excluding carboxylic acids is 4. The molecule has 2 amide bonds. The number of carboxylic acid groups (broad SMARTS) is 1. The molecule has 1 heterocycles. The second-order valence-corrected chi connectivity index (χ2v) is 8.58. The standard InChI is InChI=1S/C21H35N3O6/c1-12(2)19(22)21(30)24-11-5-6-14(24)15(25)7-9-17(27)23-20(13(3)4)16(26)8-10-18(28)29/h12-14,19-20H,5-11,22H2,1-4H3,(H,23,27)(H,28,29). The minimum atomic E-state index is -1.07. The van der Waals surface area contributed by atoms with Gasteiger partial charge in [-0.05, 0) is 24.7 Å². The van der Waals surface area contributed by atoms with Gasteiger partial charge in [-0.2, -0.15) is 0 Å². The van der Waals surface area contributed by atoms with Gasteiger partial charge in [0.05, 0.1) is 24.5 Å². The van der Waals surface area contributed by atoms with E-state index in [1.54, 1.807) is 13.8 Å². The van der Waals surface area contributed by atoms with Crippen LogP contribution in [0.5, 0.6) is 0 Å². The van der Waals surface area contributed by atoms with Crippen molar-refractivity contribution in [1.82, 2.24) is 10.2 Å². The average Bonchev–Trinajstić information content (AvgIpc) is 3.16. The molecule has 1 saturated heterocycles. The van der Waals surface area contributed by atoms with Crippen LogP contribution in [0.25, 0.3) is 0 Å². The van der Waals surface area contributed by atoms with E-state index in [4.69, 9.17) is 10.8 Å². The third-order valence-electron chi connectivity index (χ3n) is 5.42. The van der Waals surface area contributed by atoms with Crippen molar-refractivity contribution in [3.8, 4) is 0 Å². The maximum atomic E-state index is 12.6. The minimum absolute atomic E-state index is 0.0359. The Morgan fingerprint density at radius 2 is 1.63 bits per heavy atom. The molecule has 3 unspecified atom stereocenters. The Morgan fingerprint density at radius 1 is 1.00 bits per heavy atom. The Hall–Kier alpha value is -2.29. The number of amides is 2. The van der Waals surface area contributed by atoms with Crippen molar-refractivity contribution in [1.29, 1.82) is 0 Å². The van der Waals surface area contributed by atoms with Crippen molar-refractivity contribution in [2.24, 2.45) is 17.6 Å². The molecule has 9 heteroatoms. The van der Waals surface area contributed by atoms with Crippen molar-refractivity contribution in [2.45, 2.75) is 84.3 Å². The molecule has 9 nitrogen and oxygen atoms in total. The molecule has 3 atom stereocenters. The van der Waals surface area contributed by atoms with Crippen LogP contribution in [0.3, 0.4) is 0 Å². The quantitative estimate of drug-likeness (QED) is 0.420. The van der Waals surface area contributed by atoms with Crippen molar-refractivity contribution >= 4 is 29.4 Å². The molecule has 0 radical (unpaired) electrons. The van der Waals surface area contributed by atoms with E-state index in [-0.39, 0.29) is 55.0 Å². The molecule has 0 aromatic rings. The Balaban J connectivity index is 2.61. The van der Waals surface area contributed by atoms with Crippen LogP contribution in [0.4, 0.5) is 0 Å². The van der Waals surface area contributed by atoms with Crippen LogP contribution in [0, 0.1) is 11.8 Å². The van der Waals surface area contributed by atoms with E-state index >= 15 is 0 Å². The summed E-state index contributed by atoms with van der Waals surface area (Å²) in [6, 6.07) is -2.01.